The highest BCUT2D eigenvalue weighted by atomic mass is 16.6. The van der Waals surface area contributed by atoms with Crippen molar-refractivity contribution in [1.29, 1.82) is 0 Å². The summed E-state index contributed by atoms with van der Waals surface area (Å²) < 4.78 is 10.7. The lowest BCUT2D eigenvalue weighted by molar-refractivity contribution is -0.136. The van der Waals surface area contributed by atoms with Gasteiger partial charge in [-0.05, 0) is 44.7 Å². The van der Waals surface area contributed by atoms with Crippen LogP contribution >= 0.6 is 0 Å². The lowest BCUT2D eigenvalue weighted by Crippen LogP contribution is -2.59. The molecule has 1 aromatic heterocycles. The largest absolute Gasteiger partial charge is 0.623 e. The number of nitrogens with one attached hydrogen (secondary N) is 3. The van der Waals surface area contributed by atoms with Gasteiger partial charge < -0.3 is 35.2 Å². The normalized spacial score (nSPS) is 12.8. The second kappa shape index (κ2) is 16.9. The fourth-order valence-electron chi connectivity index (χ4n) is 3.99. The van der Waals surface area contributed by atoms with Crippen molar-refractivity contribution in [3.63, 3.8) is 0 Å². The molecule has 2 aromatic rings. The quantitative estimate of drug-likeness (QED) is 0.230. The summed E-state index contributed by atoms with van der Waals surface area (Å²) in [7, 11) is -0.195. The topological polar surface area (TPSA) is 173 Å². The lowest BCUT2D eigenvalue weighted by atomic mass is 9.73. The van der Waals surface area contributed by atoms with Crippen molar-refractivity contribution in [3.05, 3.63) is 54.2 Å². The Labute approximate surface area is 246 Å². The molecule has 226 valence electrons. The number of nitrogens with zero attached hydrogens (tertiary/aromatic N) is 1. The van der Waals surface area contributed by atoms with Gasteiger partial charge in [-0.2, -0.15) is 0 Å². The fraction of sp³-hybridized carbons (Fsp3) is 0.448. The van der Waals surface area contributed by atoms with Crippen molar-refractivity contribution in [2.75, 3.05) is 7.05 Å². The first-order chi connectivity index (χ1) is 19.9. The first-order valence-corrected chi connectivity index (χ1v) is 13.8. The van der Waals surface area contributed by atoms with Crippen molar-refractivity contribution < 1.29 is 38.4 Å². The maximum atomic E-state index is 13.4. The van der Waals surface area contributed by atoms with Crippen molar-refractivity contribution in [1.82, 2.24) is 20.9 Å². The van der Waals surface area contributed by atoms with Gasteiger partial charge in [-0.1, -0.05) is 50.2 Å². The molecule has 42 heavy (non-hydrogen) atoms. The van der Waals surface area contributed by atoms with Gasteiger partial charge in [0.15, 0.2) is 0 Å². The number of amides is 3. The Morgan fingerprint density at radius 2 is 1.62 bits per heavy atom. The lowest BCUT2D eigenvalue weighted by Gasteiger charge is -2.28. The van der Waals surface area contributed by atoms with Crippen LogP contribution in [0.1, 0.15) is 63.9 Å². The fourth-order valence-corrected chi connectivity index (χ4v) is 3.99. The van der Waals surface area contributed by atoms with Crippen LogP contribution < -0.4 is 16.0 Å². The predicted molar refractivity (Wildman–Crippen MR) is 156 cm³/mol. The predicted octanol–water partition coefficient (Wildman–Crippen LogP) is 2.44. The molecule has 0 aliphatic carbocycles. The van der Waals surface area contributed by atoms with E-state index in [1.807, 2.05) is 44.2 Å². The third kappa shape index (κ3) is 11.3. The SMILES string of the molecule is CNC(=O)OB(OC(=O)CCCC(C)=O)[C@H](CC(C)C)NC(=O)C(NC(=O)c1cccc(-c2ccccc2)n1)[C@@H](C)O. The monoisotopic (exact) mass is 582 g/mol. The summed E-state index contributed by atoms with van der Waals surface area (Å²) in [6.07, 6.45) is -1.67. The Kier molecular flexibility index (Phi) is 13.6. The summed E-state index contributed by atoms with van der Waals surface area (Å²) in [6.45, 7) is 6.45. The molecular formula is C29H39BN4O8. The van der Waals surface area contributed by atoms with Gasteiger partial charge in [-0.3, -0.25) is 14.4 Å². The van der Waals surface area contributed by atoms with Crippen LogP contribution in [0.5, 0.6) is 0 Å². The molecule has 4 N–H and O–H groups in total. The summed E-state index contributed by atoms with van der Waals surface area (Å²) in [4.78, 5) is 66.6. The Balaban J connectivity index is 2.23. The number of hydrogen-bond acceptors (Lipinski definition) is 9. The molecule has 0 aliphatic heterocycles. The average molecular weight is 582 g/mol. The van der Waals surface area contributed by atoms with Gasteiger partial charge in [0.05, 0.1) is 17.7 Å². The molecule has 0 saturated carbocycles. The third-order valence-electron chi connectivity index (χ3n) is 6.07. The van der Waals surface area contributed by atoms with Crippen LogP contribution in [0.4, 0.5) is 4.79 Å². The first kappa shape index (κ1) is 33.9. The summed E-state index contributed by atoms with van der Waals surface area (Å²) in [6, 6.07) is 12.7. The van der Waals surface area contributed by atoms with E-state index >= 15 is 0 Å². The first-order valence-electron chi connectivity index (χ1n) is 13.8. The number of Topliss-reactive ketones (excluding diaryl/α,β-unsaturated/α-hetero) is 1. The molecule has 1 unspecified atom stereocenters. The van der Waals surface area contributed by atoms with Crippen LogP contribution in [0.3, 0.4) is 0 Å². The second-order valence-electron chi connectivity index (χ2n) is 10.3. The summed E-state index contributed by atoms with van der Waals surface area (Å²) in [5.74, 6) is -3.36. The van der Waals surface area contributed by atoms with E-state index in [1.54, 1.807) is 12.1 Å². The zero-order valence-electron chi connectivity index (χ0n) is 24.6. The van der Waals surface area contributed by atoms with Gasteiger partial charge in [0.1, 0.15) is 17.5 Å². The Bertz CT molecular complexity index is 1230. The number of rotatable bonds is 15. The van der Waals surface area contributed by atoms with Crippen molar-refractivity contribution in [2.45, 2.75) is 71.5 Å². The van der Waals surface area contributed by atoms with Gasteiger partial charge in [0.2, 0.25) is 5.91 Å². The van der Waals surface area contributed by atoms with E-state index < -0.39 is 49.1 Å². The van der Waals surface area contributed by atoms with E-state index in [2.05, 4.69) is 20.9 Å². The highest BCUT2D eigenvalue weighted by molar-refractivity contribution is 6.51. The number of aliphatic hydroxyl groups excluding tert-OH is 1. The van der Waals surface area contributed by atoms with E-state index in [9.17, 15) is 29.1 Å². The molecule has 0 spiro atoms. The van der Waals surface area contributed by atoms with Gasteiger partial charge >= 0.3 is 13.2 Å². The Hall–Kier alpha value is -4.26. The van der Waals surface area contributed by atoms with E-state index in [-0.39, 0.29) is 43.1 Å². The smallest absolute Gasteiger partial charge is 0.498 e. The highest BCUT2D eigenvalue weighted by Crippen LogP contribution is 2.17. The number of aromatic nitrogens is 1. The Morgan fingerprint density at radius 1 is 0.929 bits per heavy atom. The van der Waals surface area contributed by atoms with Crippen LogP contribution in [0.15, 0.2) is 48.5 Å². The maximum absolute atomic E-state index is 13.4. The number of carbonyl (C=O) groups is 5. The van der Waals surface area contributed by atoms with Crippen LogP contribution in [0, 0.1) is 5.92 Å². The van der Waals surface area contributed by atoms with Crippen molar-refractivity contribution in [3.8, 4) is 11.3 Å². The minimum absolute atomic E-state index is 0.0360. The molecule has 0 aliphatic rings. The minimum Gasteiger partial charge on any atom is -0.498 e. The molecule has 0 saturated heterocycles. The van der Waals surface area contributed by atoms with Crippen LogP contribution in [-0.4, -0.2) is 72.0 Å². The van der Waals surface area contributed by atoms with Gasteiger partial charge in [0.25, 0.3) is 11.9 Å². The van der Waals surface area contributed by atoms with Gasteiger partial charge in [-0.15, -0.1) is 0 Å². The number of aliphatic hydroxyl groups is 1. The molecule has 2 rings (SSSR count). The van der Waals surface area contributed by atoms with Crippen LogP contribution in [-0.2, 0) is 23.7 Å². The number of ketones is 1. The van der Waals surface area contributed by atoms with Gasteiger partial charge in [0, 0.05) is 25.5 Å². The van der Waals surface area contributed by atoms with Crippen molar-refractivity contribution >= 4 is 36.8 Å². The zero-order chi connectivity index (χ0) is 31.2. The molecule has 13 heteroatoms. The molecule has 0 fully saturated rings. The van der Waals surface area contributed by atoms with Gasteiger partial charge in [-0.25, -0.2) is 9.78 Å². The number of carbonyl (C=O) groups excluding carboxylic acids is 5. The molecule has 1 aromatic carbocycles. The average Bonchev–Trinajstić information content (AvgIpc) is 2.94. The zero-order valence-corrected chi connectivity index (χ0v) is 24.6. The van der Waals surface area contributed by atoms with Crippen molar-refractivity contribution in [2.24, 2.45) is 5.92 Å². The van der Waals surface area contributed by atoms with E-state index in [4.69, 9.17) is 9.31 Å². The summed E-state index contributed by atoms with van der Waals surface area (Å²) in [5, 5.41) is 17.9. The minimum atomic E-state index is -1.52. The molecule has 3 amide bonds. The second-order valence-corrected chi connectivity index (χ2v) is 10.3. The molecule has 3 atom stereocenters. The van der Waals surface area contributed by atoms with E-state index in [0.717, 1.165) is 5.56 Å². The number of benzene rings is 1. The third-order valence-corrected chi connectivity index (χ3v) is 6.07. The molecule has 0 bridgehead atoms. The summed E-state index contributed by atoms with van der Waals surface area (Å²) >= 11 is 0. The van der Waals surface area contributed by atoms with Crippen LogP contribution in [0.2, 0.25) is 0 Å². The Morgan fingerprint density at radius 3 is 2.21 bits per heavy atom. The molecular weight excluding hydrogens is 543 g/mol. The molecule has 12 nitrogen and oxygen atoms in total. The highest BCUT2D eigenvalue weighted by Gasteiger charge is 2.41. The number of pyridine rings is 1. The standard InChI is InChI=1S/C29H39BN4O8/c1-18(2)17-24(30(42-29(40)31-5)41-25(37)16-9-11-19(3)35)33-28(39)26(20(4)36)34-27(38)23-15-10-14-22(32-23)21-12-7-6-8-13-21/h6-8,10,12-15,18,20,24,26,36H,9,11,16-17H2,1-5H3,(H,31,40)(H,33,39)(H,34,38)/t20-,24+,26?/m1/s1. The van der Waals surface area contributed by atoms with E-state index in [0.29, 0.717) is 5.69 Å². The van der Waals surface area contributed by atoms with E-state index in [1.165, 1.54) is 27.0 Å². The van der Waals surface area contributed by atoms with Crippen LogP contribution in [0.25, 0.3) is 11.3 Å². The number of hydrogen-bond donors (Lipinski definition) is 4. The molecule has 0 radical (unpaired) electrons. The molecule has 1 heterocycles. The summed E-state index contributed by atoms with van der Waals surface area (Å²) in [5.41, 5.74) is 1.39. The maximum Gasteiger partial charge on any atom is 0.623 e.